The van der Waals surface area contributed by atoms with Crippen LogP contribution in [0, 0.1) is 0 Å². The lowest BCUT2D eigenvalue weighted by atomic mass is 10.1. The summed E-state index contributed by atoms with van der Waals surface area (Å²) in [6, 6.07) is 11.1. The van der Waals surface area contributed by atoms with Crippen LogP contribution in [0.2, 0.25) is 0 Å². The number of ether oxygens (including phenoxy) is 5. The Hall–Kier alpha value is -3.25. The number of hydrogen-bond donors (Lipinski definition) is 3. The molecular weight excluding hydrogens is 520 g/mol. The lowest BCUT2D eigenvalue weighted by Gasteiger charge is -2.13. The molecule has 210 valence electrons. The van der Waals surface area contributed by atoms with Gasteiger partial charge in [0.2, 0.25) is 0 Å². The van der Waals surface area contributed by atoms with Crippen LogP contribution < -0.4 is 20.1 Å². The minimum atomic E-state index is -0.387. The number of aromatic nitrogens is 2. The van der Waals surface area contributed by atoms with Gasteiger partial charge in [-0.15, -0.1) is 11.8 Å². The van der Waals surface area contributed by atoms with Crippen LogP contribution in [0.4, 0.5) is 11.5 Å². The van der Waals surface area contributed by atoms with E-state index in [1.807, 2.05) is 30.0 Å². The van der Waals surface area contributed by atoms with E-state index in [0.717, 1.165) is 46.2 Å². The Labute approximate surface area is 233 Å². The number of esters is 1. The monoisotopic (exact) mass is 556 g/mol. The van der Waals surface area contributed by atoms with Gasteiger partial charge in [0.15, 0.2) is 17.3 Å². The summed E-state index contributed by atoms with van der Waals surface area (Å²) in [5.41, 5.74) is 5.32. The Morgan fingerprint density at radius 3 is 2.67 bits per heavy atom. The van der Waals surface area contributed by atoms with E-state index < -0.39 is 0 Å². The normalized spacial score (nSPS) is 11.7. The van der Waals surface area contributed by atoms with E-state index in [1.54, 1.807) is 25.3 Å². The minimum Gasteiger partial charge on any atom is -0.493 e. The molecule has 39 heavy (non-hydrogen) atoms. The highest BCUT2D eigenvalue weighted by Crippen LogP contribution is 2.44. The number of benzene rings is 2. The van der Waals surface area contributed by atoms with E-state index in [4.69, 9.17) is 23.7 Å². The summed E-state index contributed by atoms with van der Waals surface area (Å²) in [6.07, 6.45) is 0.687. The first kappa shape index (κ1) is 28.8. The van der Waals surface area contributed by atoms with Crippen LogP contribution >= 0.6 is 11.8 Å². The topological polar surface area (TPSA) is 116 Å². The summed E-state index contributed by atoms with van der Waals surface area (Å²) in [7, 11) is 3.00. The van der Waals surface area contributed by atoms with Gasteiger partial charge in [-0.1, -0.05) is 13.0 Å². The predicted molar refractivity (Wildman–Crippen MR) is 153 cm³/mol. The number of nitrogens with one attached hydrogen (secondary N) is 3. The van der Waals surface area contributed by atoms with Crippen molar-refractivity contribution < 1.29 is 28.5 Å². The van der Waals surface area contributed by atoms with E-state index in [-0.39, 0.29) is 5.97 Å². The van der Waals surface area contributed by atoms with Crippen LogP contribution in [0.3, 0.4) is 0 Å². The smallest absolute Gasteiger partial charge is 0.337 e. The minimum absolute atomic E-state index is 0.387. The standard InChI is InChI=1S/C28H36N4O6S/c1-4-39-18-29-8-9-36-10-11-37-12-13-38-25-17-22-20(16-24(25)34-2)15-23-26(22)31-32-27(23)30-21-7-5-6-19(14-21)28(33)35-3/h5-7,14,16-17,29H,4,8-13,15,18H2,1-3H3,(H2,30,31,32). The highest BCUT2D eigenvalue weighted by Gasteiger charge is 2.27. The van der Waals surface area contributed by atoms with Crippen LogP contribution in [0.5, 0.6) is 11.5 Å². The molecule has 1 heterocycles. The maximum absolute atomic E-state index is 11.9. The van der Waals surface area contributed by atoms with Crippen molar-refractivity contribution in [1.82, 2.24) is 15.5 Å². The van der Waals surface area contributed by atoms with Crippen molar-refractivity contribution >= 4 is 29.2 Å². The second kappa shape index (κ2) is 14.8. The molecule has 0 saturated heterocycles. The first-order valence-electron chi connectivity index (χ1n) is 12.9. The maximum atomic E-state index is 11.9. The SMILES string of the molecule is CCSCNCCOCCOCCOc1cc2c(cc1OC)Cc1c(Nc3cccc(C(=O)OC)c3)n[nH]c1-2. The maximum Gasteiger partial charge on any atom is 0.337 e. The summed E-state index contributed by atoms with van der Waals surface area (Å²) in [5.74, 6) is 3.70. The molecule has 0 fully saturated rings. The molecule has 0 unspecified atom stereocenters. The van der Waals surface area contributed by atoms with Crippen molar-refractivity contribution in [2.45, 2.75) is 13.3 Å². The number of carbonyl (C=O) groups excluding carboxylic acids is 1. The number of nitrogens with zero attached hydrogens (tertiary/aromatic N) is 1. The third kappa shape index (κ3) is 7.66. The van der Waals surface area contributed by atoms with Crippen LogP contribution in [-0.4, -0.2) is 81.6 Å². The molecule has 3 aromatic rings. The van der Waals surface area contributed by atoms with Gasteiger partial charge in [0.1, 0.15) is 6.61 Å². The van der Waals surface area contributed by atoms with E-state index >= 15 is 0 Å². The summed E-state index contributed by atoms with van der Waals surface area (Å²) >= 11 is 1.86. The molecule has 0 bridgehead atoms. The number of H-pyrrole nitrogens is 1. The number of thioether (sulfide) groups is 1. The van der Waals surface area contributed by atoms with Gasteiger partial charge in [0, 0.05) is 35.7 Å². The van der Waals surface area contributed by atoms with Crippen molar-refractivity contribution in [2.75, 3.05) is 70.7 Å². The van der Waals surface area contributed by atoms with Gasteiger partial charge in [-0.05, 0) is 41.6 Å². The number of fused-ring (bicyclic) bond motifs is 3. The molecule has 10 nitrogen and oxygen atoms in total. The van der Waals surface area contributed by atoms with E-state index in [1.165, 1.54) is 7.11 Å². The molecule has 1 aromatic heterocycles. The van der Waals surface area contributed by atoms with Gasteiger partial charge in [0.25, 0.3) is 0 Å². The zero-order valence-corrected chi connectivity index (χ0v) is 23.4. The summed E-state index contributed by atoms with van der Waals surface area (Å²) < 4.78 is 27.6. The first-order valence-corrected chi connectivity index (χ1v) is 14.1. The molecule has 4 rings (SSSR count). The quantitative estimate of drug-likeness (QED) is 0.0991. The van der Waals surface area contributed by atoms with Crippen molar-refractivity contribution in [3.8, 4) is 22.8 Å². The number of aromatic amines is 1. The zero-order valence-electron chi connectivity index (χ0n) is 22.6. The van der Waals surface area contributed by atoms with Gasteiger partial charge < -0.3 is 34.3 Å². The van der Waals surface area contributed by atoms with Gasteiger partial charge >= 0.3 is 5.97 Å². The zero-order chi connectivity index (χ0) is 27.5. The van der Waals surface area contributed by atoms with Crippen LogP contribution in [0.1, 0.15) is 28.4 Å². The average Bonchev–Trinajstić information content (AvgIpc) is 3.51. The molecular formula is C28H36N4O6S. The molecule has 0 radical (unpaired) electrons. The van der Waals surface area contributed by atoms with Gasteiger partial charge in [-0.2, -0.15) is 5.10 Å². The van der Waals surface area contributed by atoms with E-state index in [2.05, 4.69) is 27.8 Å². The number of anilines is 2. The fourth-order valence-corrected chi connectivity index (χ4v) is 4.70. The van der Waals surface area contributed by atoms with Crippen molar-refractivity contribution in [3.63, 3.8) is 0 Å². The summed E-state index contributed by atoms with van der Waals surface area (Å²) in [4.78, 5) is 11.9. The van der Waals surface area contributed by atoms with Crippen LogP contribution in [0.15, 0.2) is 36.4 Å². The van der Waals surface area contributed by atoms with Crippen LogP contribution in [-0.2, 0) is 20.6 Å². The van der Waals surface area contributed by atoms with Crippen molar-refractivity contribution in [3.05, 3.63) is 53.1 Å². The average molecular weight is 557 g/mol. The molecule has 0 atom stereocenters. The lowest BCUT2D eigenvalue weighted by molar-refractivity contribution is 0.0372. The highest BCUT2D eigenvalue weighted by molar-refractivity contribution is 7.99. The fourth-order valence-electron chi connectivity index (χ4n) is 4.21. The molecule has 1 aliphatic rings. The number of methoxy groups -OCH3 is 2. The van der Waals surface area contributed by atoms with E-state index in [0.29, 0.717) is 62.3 Å². The Morgan fingerprint density at radius 1 is 1.05 bits per heavy atom. The molecule has 3 N–H and O–H groups in total. The molecule has 0 spiro atoms. The molecule has 1 aliphatic carbocycles. The third-order valence-electron chi connectivity index (χ3n) is 6.13. The fraction of sp³-hybridized carbons (Fsp3) is 0.429. The van der Waals surface area contributed by atoms with Gasteiger partial charge in [-0.3, -0.25) is 5.10 Å². The molecule has 0 amide bonds. The Bertz CT molecular complexity index is 1230. The largest absolute Gasteiger partial charge is 0.493 e. The number of hydrogen-bond acceptors (Lipinski definition) is 10. The summed E-state index contributed by atoms with van der Waals surface area (Å²) in [6.45, 7) is 5.56. The summed E-state index contributed by atoms with van der Waals surface area (Å²) in [5, 5.41) is 14.2. The molecule has 0 aliphatic heterocycles. The van der Waals surface area contributed by atoms with Crippen molar-refractivity contribution in [2.24, 2.45) is 0 Å². The lowest BCUT2D eigenvalue weighted by Crippen LogP contribution is -2.20. The van der Waals surface area contributed by atoms with E-state index in [9.17, 15) is 4.79 Å². The number of carbonyl (C=O) groups is 1. The third-order valence-corrected chi connectivity index (χ3v) is 6.94. The Kier molecular flexibility index (Phi) is 10.9. The molecule has 2 aromatic carbocycles. The van der Waals surface area contributed by atoms with Gasteiger partial charge in [0.05, 0.1) is 51.9 Å². The predicted octanol–water partition coefficient (Wildman–Crippen LogP) is 4.23. The van der Waals surface area contributed by atoms with Crippen molar-refractivity contribution in [1.29, 1.82) is 0 Å². The highest BCUT2D eigenvalue weighted by atomic mass is 32.2. The Morgan fingerprint density at radius 2 is 1.87 bits per heavy atom. The van der Waals surface area contributed by atoms with Crippen LogP contribution in [0.25, 0.3) is 11.3 Å². The van der Waals surface area contributed by atoms with Gasteiger partial charge in [-0.25, -0.2) is 4.79 Å². The second-order valence-electron chi connectivity index (χ2n) is 8.67. The Balaban J connectivity index is 1.29. The molecule has 0 saturated carbocycles. The second-order valence-corrected chi connectivity index (χ2v) is 9.94. The number of rotatable bonds is 17. The molecule has 11 heteroatoms. The first-order chi connectivity index (χ1) is 19.1.